The number of aryl methyl sites for hydroxylation is 1. The molecule has 1 fully saturated rings. The maximum Gasteiger partial charge on any atom is 0.257 e. The molecule has 0 aliphatic carbocycles. The van der Waals surface area contributed by atoms with Crippen LogP contribution in [-0.4, -0.2) is 57.6 Å². The van der Waals surface area contributed by atoms with Crippen molar-refractivity contribution in [2.75, 3.05) is 26.2 Å². The predicted molar refractivity (Wildman–Crippen MR) is 122 cm³/mol. The van der Waals surface area contributed by atoms with Crippen molar-refractivity contribution in [1.82, 2.24) is 19.6 Å². The molecule has 1 saturated heterocycles. The van der Waals surface area contributed by atoms with E-state index in [1.807, 2.05) is 63.0 Å². The van der Waals surface area contributed by atoms with Crippen LogP contribution in [0.25, 0.3) is 0 Å². The van der Waals surface area contributed by atoms with Gasteiger partial charge in [0.25, 0.3) is 5.91 Å². The Bertz CT molecular complexity index is 1180. The average molecular weight is 443 g/mol. The summed E-state index contributed by atoms with van der Waals surface area (Å²) in [4.78, 5) is 30.7. The van der Waals surface area contributed by atoms with Gasteiger partial charge in [0.15, 0.2) is 0 Å². The van der Waals surface area contributed by atoms with Crippen molar-refractivity contribution in [2.45, 2.75) is 31.7 Å². The second-order valence-corrected chi connectivity index (χ2v) is 8.91. The number of hydrogen-bond donors (Lipinski definition) is 0. The van der Waals surface area contributed by atoms with Crippen molar-refractivity contribution >= 4 is 11.8 Å². The molecule has 0 radical (unpaired) electrons. The van der Waals surface area contributed by atoms with Crippen LogP contribution < -0.4 is 4.74 Å². The lowest BCUT2D eigenvalue weighted by Gasteiger charge is -2.38. The van der Waals surface area contributed by atoms with Gasteiger partial charge in [-0.15, -0.1) is 0 Å². The zero-order chi connectivity index (χ0) is 22.4. The summed E-state index contributed by atoms with van der Waals surface area (Å²) in [6, 6.07) is 15.5. The SMILES string of the molecule is O=C(c1cnn2c1CCCC2)N1CCN(C(=O)C2c3ccccc3Oc3ccccc32)CC1. The lowest BCUT2D eigenvalue weighted by molar-refractivity contribution is -0.133. The van der Waals surface area contributed by atoms with Gasteiger partial charge in [0.2, 0.25) is 5.91 Å². The van der Waals surface area contributed by atoms with Crippen LogP contribution in [0.5, 0.6) is 11.5 Å². The Balaban J connectivity index is 1.20. The fourth-order valence-electron chi connectivity index (χ4n) is 5.26. The van der Waals surface area contributed by atoms with Gasteiger partial charge in [-0.05, 0) is 31.4 Å². The average Bonchev–Trinajstić information content (AvgIpc) is 3.31. The Labute approximate surface area is 192 Å². The number of amides is 2. The minimum absolute atomic E-state index is 0.0343. The van der Waals surface area contributed by atoms with Crippen LogP contribution in [0.4, 0.5) is 0 Å². The molecule has 0 atom stereocenters. The first kappa shape index (κ1) is 20.0. The topological polar surface area (TPSA) is 67.7 Å². The van der Waals surface area contributed by atoms with E-state index in [1.165, 1.54) is 0 Å². The van der Waals surface area contributed by atoms with Gasteiger partial charge in [-0.1, -0.05) is 36.4 Å². The van der Waals surface area contributed by atoms with Crippen LogP contribution in [0.2, 0.25) is 0 Å². The minimum atomic E-state index is -0.393. The molecule has 0 N–H and O–H groups in total. The van der Waals surface area contributed by atoms with E-state index in [0.717, 1.165) is 59.7 Å². The van der Waals surface area contributed by atoms with Gasteiger partial charge in [-0.2, -0.15) is 5.10 Å². The van der Waals surface area contributed by atoms with E-state index in [-0.39, 0.29) is 11.8 Å². The Hall–Kier alpha value is -3.61. The number of carbonyl (C=O) groups is 2. The van der Waals surface area contributed by atoms with Crippen LogP contribution >= 0.6 is 0 Å². The van der Waals surface area contributed by atoms with Crippen molar-refractivity contribution in [1.29, 1.82) is 0 Å². The van der Waals surface area contributed by atoms with Gasteiger partial charge >= 0.3 is 0 Å². The number of ether oxygens (including phenoxy) is 1. The summed E-state index contributed by atoms with van der Waals surface area (Å²) in [5.41, 5.74) is 3.57. The van der Waals surface area contributed by atoms with Crippen molar-refractivity contribution in [3.63, 3.8) is 0 Å². The molecule has 7 nitrogen and oxygen atoms in total. The van der Waals surface area contributed by atoms with Gasteiger partial charge in [-0.3, -0.25) is 14.3 Å². The minimum Gasteiger partial charge on any atom is -0.457 e. The highest BCUT2D eigenvalue weighted by Gasteiger charge is 2.37. The number of fused-ring (bicyclic) bond motifs is 3. The normalized spacial score (nSPS) is 17.6. The van der Waals surface area contributed by atoms with Gasteiger partial charge in [0.05, 0.1) is 23.4 Å². The lowest BCUT2D eigenvalue weighted by atomic mass is 9.86. The van der Waals surface area contributed by atoms with E-state index in [0.29, 0.717) is 26.2 Å². The number of hydrogen-bond acceptors (Lipinski definition) is 4. The van der Waals surface area contributed by atoms with E-state index in [4.69, 9.17) is 4.74 Å². The van der Waals surface area contributed by atoms with Crippen LogP contribution in [0.15, 0.2) is 54.7 Å². The van der Waals surface area contributed by atoms with Gasteiger partial charge in [0, 0.05) is 43.9 Å². The zero-order valence-electron chi connectivity index (χ0n) is 18.4. The molecule has 0 unspecified atom stereocenters. The number of nitrogens with zero attached hydrogens (tertiary/aromatic N) is 4. The standard InChI is InChI=1S/C26H26N4O3/c31-25(20-17-27-30-12-6-5-9-21(20)30)28-13-15-29(16-14-28)26(32)24-18-7-1-3-10-22(18)33-23-11-4-2-8-19(23)24/h1-4,7-8,10-11,17,24H,5-6,9,12-16H2. The monoisotopic (exact) mass is 442 g/mol. The summed E-state index contributed by atoms with van der Waals surface area (Å²) >= 11 is 0. The van der Waals surface area contributed by atoms with Crippen molar-refractivity contribution in [3.05, 3.63) is 77.1 Å². The number of carbonyl (C=O) groups excluding carboxylic acids is 2. The second-order valence-electron chi connectivity index (χ2n) is 8.91. The fourth-order valence-corrected chi connectivity index (χ4v) is 5.26. The van der Waals surface area contributed by atoms with E-state index < -0.39 is 5.92 Å². The number of benzene rings is 2. The molecule has 3 aliphatic rings. The molecule has 168 valence electrons. The smallest absolute Gasteiger partial charge is 0.257 e. The summed E-state index contributed by atoms with van der Waals surface area (Å²) in [6.45, 7) is 2.99. The van der Waals surface area contributed by atoms with E-state index in [2.05, 4.69) is 5.10 Å². The molecule has 2 amide bonds. The van der Waals surface area contributed by atoms with E-state index in [9.17, 15) is 9.59 Å². The van der Waals surface area contributed by atoms with Crippen LogP contribution in [0, 0.1) is 0 Å². The molecule has 1 aromatic heterocycles. The van der Waals surface area contributed by atoms with Crippen LogP contribution in [0.1, 0.15) is 45.9 Å². The van der Waals surface area contributed by atoms with Crippen LogP contribution in [0.3, 0.4) is 0 Å². The molecule has 6 rings (SSSR count). The first-order chi connectivity index (χ1) is 16.2. The van der Waals surface area contributed by atoms with Crippen molar-refractivity contribution < 1.29 is 14.3 Å². The summed E-state index contributed by atoms with van der Waals surface area (Å²) in [5.74, 6) is 1.17. The Morgan fingerprint density at radius 1 is 0.818 bits per heavy atom. The van der Waals surface area contributed by atoms with Gasteiger partial charge < -0.3 is 14.5 Å². The van der Waals surface area contributed by atoms with E-state index in [1.54, 1.807) is 6.20 Å². The highest BCUT2D eigenvalue weighted by molar-refractivity contribution is 5.95. The number of aromatic nitrogens is 2. The number of rotatable bonds is 2. The number of piperazine rings is 1. The Morgan fingerprint density at radius 3 is 2.15 bits per heavy atom. The molecule has 3 aromatic rings. The summed E-state index contributed by atoms with van der Waals surface area (Å²) in [6.07, 6.45) is 4.84. The maximum atomic E-state index is 13.7. The molecule has 3 aliphatic heterocycles. The Morgan fingerprint density at radius 2 is 1.45 bits per heavy atom. The highest BCUT2D eigenvalue weighted by Crippen LogP contribution is 2.44. The quantitative estimate of drug-likeness (QED) is 0.610. The fraction of sp³-hybridized carbons (Fsp3) is 0.346. The molecule has 0 saturated carbocycles. The summed E-state index contributed by atoms with van der Waals surface area (Å²) in [5, 5.41) is 4.41. The summed E-state index contributed by atoms with van der Waals surface area (Å²) < 4.78 is 8.02. The maximum absolute atomic E-state index is 13.7. The Kier molecular flexibility index (Phi) is 4.89. The lowest BCUT2D eigenvalue weighted by Crippen LogP contribution is -2.52. The van der Waals surface area contributed by atoms with Gasteiger partial charge in [0.1, 0.15) is 11.5 Å². The first-order valence-corrected chi connectivity index (χ1v) is 11.7. The highest BCUT2D eigenvalue weighted by atomic mass is 16.5. The first-order valence-electron chi connectivity index (χ1n) is 11.7. The van der Waals surface area contributed by atoms with Crippen molar-refractivity contribution in [3.8, 4) is 11.5 Å². The van der Waals surface area contributed by atoms with E-state index >= 15 is 0 Å². The van der Waals surface area contributed by atoms with Crippen molar-refractivity contribution in [2.24, 2.45) is 0 Å². The molecule has 0 bridgehead atoms. The molecular weight excluding hydrogens is 416 g/mol. The molecular formula is C26H26N4O3. The molecule has 33 heavy (non-hydrogen) atoms. The zero-order valence-corrected chi connectivity index (χ0v) is 18.4. The molecule has 2 aromatic carbocycles. The molecule has 0 spiro atoms. The second kappa shape index (κ2) is 8.06. The third-order valence-electron chi connectivity index (χ3n) is 7.02. The third kappa shape index (κ3) is 3.39. The molecule has 7 heteroatoms. The third-order valence-corrected chi connectivity index (χ3v) is 7.02. The largest absolute Gasteiger partial charge is 0.457 e. The molecule has 4 heterocycles. The number of para-hydroxylation sites is 2. The predicted octanol–water partition coefficient (Wildman–Crippen LogP) is 3.44. The van der Waals surface area contributed by atoms with Gasteiger partial charge in [-0.25, -0.2) is 0 Å². The van der Waals surface area contributed by atoms with Crippen LogP contribution in [-0.2, 0) is 17.8 Å². The summed E-state index contributed by atoms with van der Waals surface area (Å²) in [7, 11) is 0.